The summed E-state index contributed by atoms with van der Waals surface area (Å²) in [5.74, 6) is 0. The molecule has 1 heterocycles. The second-order valence-electron chi connectivity index (χ2n) is 5.88. The van der Waals surface area contributed by atoms with Crippen molar-refractivity contribution in [2.45, 2.75) is 12.8 Å². The van der Waals surface area contributed by atoms with Gasteiger partial charge in [-0.3, -0.25) is 0 Å². The fourth-order valence-electron chi connectivity index (χ4n) is 3.07. The summed E-state index contributed by atoms with van der Waals surface area (Å²) >= 11 is 0. The van der Waals surface area contributed by atoms with Crippen molar-refractivity contribution in [1.82, 2.24) is 4.48 Å². The lowest BCUT2D eigenvalue weighted by Crippen LogP contribution is -2.39. The van der Waals surface area contributed by atoms with Crippen LogP contribution >= 0.6 is 0 Å². The van der Waals surface area contributed by atoms with Crippen LogP contribution in [0, 0.1) is 12.5 Å². The molecule has 0 radical (unpaired) electrons. The normalized spacial score (nSPS) is 20.9. The summed E-state index contributed by atoms with van der Waals surface area (Å²) in [5, 5.41) is 0. The van der Waals surface area contributed by atoms with Crippen LogP contribution in [0.2, 0.25) is 0 Å². The molecule has 1 aliphatic carbocycles. The van der Waals surface area contributed by atoms with Crippen molar-refractivity contribution >= 4 is 11.4 Å². The molecule has 1 unspecified atom stereocenters. The van der Waals surface area contributed by atoms with E-state index >= 15 is 0 Å². The van der Waals surface area contributed by atoms with Gasteiger partial charge in [0.15, 0.2) is 5.69 Å². The van der Waals surface area contributed by atoms with Crippen LogP contribution in [0.15, 0.2) is 48.2 Å². The minimum atomic E-state index is 0.438. The van der Waals surface area contributed by atoms with Gasteiger partial charge in [-0.15, -0.1) is 0 Å². The molecule has 2 aliphatic rings. The molecule has 1 atom stereocenters. The molecule has 3 nitrogen and oxygen atoms in total. The molecule has 1 aromatic rings. The Labute approximate surface area is 133 Å². The highest BCUT2D eigenvalue weighted by Crippen LogP contribution is 2.32. The number of allylic oxidation sites excluding steroid dienone is 4. The molecule has 22 heavy (non-hydrogen) atoms. The molecule has 0 amide bonds. The zero-order valence-corrected chi connectivity index (χ0v) is 13.2. The Hall–Kier alpha value is -2.02. The fourth-order valence-corrected chi connectivity index (χ4v) is 3.07. The van der Waals surface area contributed by atoms with E-state index in [4.69, 9.17) is 11.2 Å². The minimum Gasteiger partial charge on any atom is -0.378 e. The van der Waals surface area contributed by atoms with Crippen LogP contribution < -0.4 is 9.38 Å². The molecule has 1 aliphatic heterocycles. The van der Waals surface area contributed by atoms with Crippen molar-refractivity contribution in [3.63, 3.8) is 0 Å². The highest BCUT2D eigenvalue weighted by Gasteiger charge is 2.29. The third-order valence-corrected chi connectivity index (χ3v) is 4.57. The summed E-state index contributed by atoms with van der Waals surface area (Å²) in [5.41, 5.74) is 3.65. The van der Waals surface area contributed by atoms with Crippen molar-refractivity contribution in [1.29, 1.82) is 0 Å². The zero-order valence-electron chi connectivity index (χ0n) is 13.2. The van der Waals surface area contributed by atoms with E-state index in [1.54, 1.807) is 0 Å². The van der Waals surface area contributed by atoms with Crippen molar-refractivity contribution in [2.24, 2.45) is 0 Å². The van der Waals surface area contributed by atoms with Gasteiger partial charge in [0.05, 0.1) is 20.3 Å². The number of nitrogens with zero attached hydrogens (tertiary/aromatic N) is 2. The summed E-state index contributed by atoms with van der Waals surface area (Å²) in [6.07, 6.45) is 14.4. The molecule has 3 heteroatoms. The van der Waals surface area contributed by atoms with Crippen molar-refractivity contribution in [3.8, 4) is 12.5 Å². The Kier molecular flexibility index (Phi) is 4.33. The summed E-state index contributed by atoms with van der Waals surface area (Å²) in [7, 11) is 2.09. The van der Waals surface area contributed by atoms with Gasteiger partial charge in [0.25, 0.3) is 0 Å². The van der Waals surface area contributed by atoms with Crippen molar-refractivity contribution in [2.75, 3.05) is 38.3 Å². The average Bonchev–Trinajstić information content (AvgIpc) is 2.63. The fraction of sp³-hybridized carbons (Fsp3) is 0.368. The Morgan fingerprint density at radius 3 is 2.50 bits per heavy atom. The molecule has 0 spiro atoms. The first-order chi connectivity index (χ1) is 10.7. The Balaban J connectivity index is 1.85. The molecule has 0 saturated carbocycles. The first kappa shape index (κ1) is 14.9. The zero-order chi connectivity index (χ0) is 15.4. The lowest BCUT2D eigenvalue weighted by molar-refractivity contribution is 0.122. The van der Waals surface area contributed by atoms with Gasteiger partial charge in [0.1, 0.15) is 11.7 Å². The standard InChI is InChI=1S/C19H23N2O/c1-3-21(2,18-7-5-4-6-8-18)19-11-9-17(10-12-19)20-13-15-22-16-14-20/h1,4-5,7,9-12H,6,8,13-16H2,2H3/q+1. The maximum absolute atomic E-state index is 5.88. The van der Waals surface area contributed by atoms with E-state index in [2.05, 4.69) is 60.5 Å². The van der Waals surface area contributed by atoms with Gasteiger partial charge in [0.2, 0.25) is 0 Å². The van der Waals surface area contributed by atoms with Gasteiger partial charge in [-0.2, -0.15) is 4.48 Å². The number of benzene rings is 1. The Bertz CT molecular complexity index is 618. The topological polar surface area (TPSA) is 12.5 Å². The predicted molar refractivity (Wildman–Crippen MR) is 92.5 cm³/mol. The van der Waals surface area contributed by atoms with Gasteiger partial charge in [-0.1, -0.05) is 18.6 Å². The number of hydrogen-bond acceptors (Lipinski definition) is 2. The maximum Gasteiger partial charge on any atom is 0.150 e. The lowest BCUT2D eigenvalue weighted by atomic mass is 10.1. The van der Waals surface area contributed by atoms with Gasteiger partial charge in [0, 0.05) is 37.3 Å². The number of anilines is 1. The number of morpholine rings is 1. The van der Waals surface area contributed by atoms with E-state index < -0.39 is 0 Å². The number of rotatable bonds is 3. The smallest absolute Gasteiger partial charge is 0.150 e. The molecule has 1 saturated heterocycles. The number of terminal acetylenes is 1. The molecular formula is C19H23N2O+. The van der Waals surface area contributed by atoms with Crippen LogP contribution in [0.4, 0.5) is 11.4 Å². The first-order valence-corrected chi connectivity index (χ1v) is 7.88. The number of quaternary nitrogens is 1. The molecule has 3 rings (SSSR count). The number of hydrogen-bond donors (Lipinski definition) is 0. The van der Waals surface area contributed by atoms with E-state index in [9.17, 15) is 0 Å². The van der Waals surface area contributed by atoms with Gasteiger partial charge < -0.3 is 9.64 Å². The summed E-state index contributed by atoms with van der Waals surface area (Å²) in [6, 6.07) is 11.6. The molecule has 0 aromatic heterocycles. The molecule has 1 aromatic carbocycles. The van der Waals surface area contributed by atoms with E-state index in [0.29, 0.717) is 4.48 Å². The minimum absolute atomic E-state index is 0.438. The van der Waals surface area contributed by atoms with Crippen LogP contribution in [0.5, 0.6) is 0 Å². The van der Waals surface area contributed by atoms with Gasteiger partial charge in [-0.05, 0) is 24.6 Å². The Morgan fingerprint density at radius 2 is 1.91 bits per heavy atom. The third kappa shape index (κ3) is 2.81. The molecule has 114 valence electrons. The van der Waals surface area contributed by atoms with Crippen LogP contribution in [0.25, 0.3) is 0 Å². The molecule has 1 fully saturated rings. The van der Waals surface area contributed by atoms with E-state index in [1.807, 2.05) is 0 Å². The Morgan fingerprint density at radius 1 is 1.18 bits per heavy atom. The van der Waals surface area contributed by atoms with Crippen LogP contribution in [0.1, 0.15) is 12.8 Å². The SMILES string of the molecule is C#C[N+](C)(C1=CC=CCC1)c1ccc(N2CCOCC2)cc1. The lowest BCUT2D eigenvalue weighted by Gasteiger charge is -2.31. The van der Waals surface area contributed by atoms with E-state index in [0.717, 1.165) is 44.8 Å². The molecule has 0 N–H and O–H groups in total. The summed E-state index contributed by atoms with van der Waals surface area (Å²) < 4.78 is 5.85. The summed E-state index contributed by atoms with van der Waals surface area (Å²) in [4.78, 5) is 2.36. The largest absolute Gasteiger partial charge is 0.378 e. The van der Waals surface area contributed by atoms with E-state index in [-0.39, 0.29) is 0 Å². The van der Waals surface area contributed by atoms with Gasteiger partial charge >= 0.3 is 0 Å². The second-order valence-corrected chi connectivity index (χ2v) is 5.88. The highest BCUT2D eigenvalue weighted by molar-refractivity contribution is 5.59. The van der Waals surface area contributed by atoms with Crippen molar-refractivity contribution in [3.05, 3.63) is 48.2 Å². The summed E-state index contributed by atoms with van der Waals surface area (Å²) in [6.45, 7) is 3.52. The quantitative estimate of drug-likeness (QED) is 0.627. The second kappa shape index (κ2) is 6.39. The van der Waals surface area contributed by atoms with Gasteiger partial charge in [-0.25, -0.2) is 0 Å². The van der Waals surface area contributed by atoms with Crippen LogP contribution in [-0.4, -0.2) is 33.4 Å². The van der Waals surface area contributed by atoms with Crippen molar-refractivity contribution < 1.29 is 4.74 Å². The monoisotopic (exact) mass is 295 g/mol. The first-order valence-electron chi connectivity index (χ1n) is 7.88. The highest BCUT2D eigenvalue weighted by atomic mass is 16.5. The number of ether oxygens (including phenoxy) is 1. The van der Waals surface area contributed by atoms with Crippen LogP contribution in [0.3, 0.4) is 0 Å². The van der Waals surface area contributed by atoms with E-state index in [1.165, 1.54) is 11.4 Å². The maximum atomic E-state index is 5.88. The predicted octanol–water partition coefficient (Wildman–Crippen LogP) is 3.28. The third-order valence-electron chi connectivity index (χ3n) is 4.57. The average molecular weight is 295 g/mol. The van der Waals surface area contributed by atoms with Crippen LogP contribution in [-0.2, 0) is 4.74 Å². The molecular weight excluding hydrogens is 272 g/mol. The molecule has 0 bridgehead atoms.